The van der Waals surface area contributed by atoms with Crippen molar-refractivity contribution in [2.45, 2.75) is 25.9 Å². The zero-order valence-corrected chi connectivity index (χ0v) is 14.8. The highest BCUT2D eigenvalue weighted by atomic mass is 35.5. The maximum Gasteiger partial charge on any atom is 0.342 e. The van der Waals surface area contributed by atoms with E-state index in [1.165, 1.54) is 25.1 Å². The van der Waals surface area contributed by atoms with Gasteiger partial charge in [-0.1, -0.05) is 48.9 Å². The molecule has 0 spiro atoms. The molecule has 0 aromatic heterocycles. The summed E-state index contributed by atoms with van der Waals surface area (Å²) in [5, 5.41) is 12.7. The normalized spacial score (nSPS) is 12.9. The first-order chi connectivity index (χ1) is 11.9. The molecule has 0 saturated heterocycles. The second kappa shape index (κ2) is 8.53. The molecule has 132 valence electrons. The number of carbonyl (C=O) groups excluding carboxylic acids is 2. The van der Waals surface area contributed by atoms with Gasteiger partial charge in [-0.3, -0.25) is 4.79 Å². The first-order valence-corrected chi connectivity index (χ1v) is 8.28. The quantitative estimate of drug-likeness (QED) is 0.772. The molecule has 0 saturated carbocycles. The third-order valence-electron chi connectivity index (χ3n) is 3.78. The zero-order chi connectivity index (χ0) is 18.4. The monoisotopic (exact) mass is 361 g/mol. The van der Waals surface area contributed by atoms with E-state index in [2.05, 4.69) is 5.32 Å². The number of hydrogen-bond acceptors (Lipinski definition) is 4. The summed E-state index contributed by atoms with van der Waals surface area (Å²) in [6, 6.07) is 13.8. The molecule has 25 heavy (non-hydrogen) atoms. The van der Waals surface area contributed by atoms with Crippen LogP contribution in [-0.4, -0.2) is 29.6 Å². The van der Waals surface area contributed by atoms with Crippen LogP contribution in [0.3, 0.4) is 0 Å². The third-order valence-corrected chi connectivity index (χ3v) is 4.02. The van der Waals surface area contributed by atoms with E-state index in [4.69, 9.17) is 16.3 Å². The van der Waals surface area contributed by atoms with Gasteiger partial charge in [-0.15, -0.1) is 0 Å². The highest BCUT2D eigenvalue weighted by Crippen LogP contribution is 2.22. The standard InChI is InChI=1S/C19H20ClNO4/c1-12(14-6-4-3-5-7-14)11-21-18(23)13(2)25-19(24)16-10-15(20)8-9-17(16)22/h3-10,12-13,22H,11H2,1-2H3,(H,21,23)/t12-,13-/m0/s1. The van der Waals surface area contributed by atoms with E-state index in [1.807, 2.05) is 37.3 Å². The minimum atomic E-state index is -0.992. The van der Waals surface area contributed by atoms with Crippen molar-refractivity contribution in [3.05, 3.63) is 64.7 Å². The molecule has 6 heteroatoms. The molecular weight excluding hydrogens is 342 g/mol. The molecule has 0 radical (unpaired) electrons. The first-order valence-electron chi connectivity index (χ1n) is 7.90. The fourth-order valence-electron chi connectivity index (χ4n) is 2.25. The Morgan fingerprint density at radius 1 is 1.16 bits per heavy atom. The van der Waals surface area contributed by atoms with Crippen LogP contribution in [0.4, 0.5) is 0 Å². The molecule has 2 rings (SSSR count). The van der Waals surface area contributed by atoms with Gasteiger partial charge in [0, 0.05) is 11.6 Å². The number of ether oxygens (including phenoxy) is 1. The van der Waals surface area contributed by atoms with Crippen molar-refractivity contribution in [2.24, 2.45) is 0 Å². The van der Waals surface area contributed by atoms with Gasteiger partial charge in [-0.05, 0) is 36.6 Å². The summed E-state index contributed by atoms with van der Waals surface area (Å²) in [6.07, 6.45) is -0.992. The Kier molecular flexibility index (Phi) is 6.42. The highest BCUT2D eigenvalue weighted by Gasteiger charge is 2.21. The van der Waals surface area contributed by atoms with Crippen molar-refractivity contribution >= 4 is 23.5 Å². The van der Waals surface area contributed by atoms with Gasteiger partial charge in [0.05, 0.1) is 0 Å². The van der Waals surface area contributed by atoms with Crippen LogP contribution in [0.5, 0.6) is 5.75 Å². The Hall–Kier alpha value is -2.53. The Labute approximate surface area is 151 Å². The molecule has 2 aromatic carbocycles. The number of aromatic hydroxyl groups is 1. The van der Waals surface area contributed by atoms with Gasteiger partial charge in [0.25, 0.3) is 5.91 Å². The van der Waals surface area contributed by atoms with Crippen molar-refractivity contribution in [3.8, 4) is 5.75 Å². The molecule has 0 bridgehead atoms. The third kappa shape index (κ3) is 5.22. The van der Waals surface area contributed by atoms with E-state index in [0.29, 0.717) is 11.6 Å². The Balaban J connectivity index is 1.89. The van der Waals surface area contributed by atoms with E-state index < -0.39 is 18.0 Å². The van der Waals surface area contributed by atoms with Crippen LogP contribution in [0.25, 0.3) is 0 Å². The number of rotatable bonds is 6. The van der Waals surface area contributed by atoms with Crippen LogP contribution < -0.4 is 5.32 Å². The molecule has 0 aliphatic rings. The molecule has 0 aliphatic carbocycles. The predicted molar refractivity (Wildman–Crippen MR) is 95.9 cm³/mol. The van der Waals surface area contributed by atoms with Gasteiger partial charge in [0.1, 0.15) is 11.3 Å². The van der Waals surface area contributed by atoms with E-state index in [0.717, 1.165) is 5.56 Å². The van der Waals surface area contributed by atoms with E-state index in [9.17, 15) is 14.7 Å². The summed E-state index contributed by atoms with van der Waals surface area (Å²) in [6.45, 7) is 3.89. The second-order valence-electron chi connectivity index (χ2n) is 5.77. The summed E-state index contributed by atoms with van der Waals surface area (Å²) in [4.78, 5) is 24.2. The van der Waals surface area contributed by atoms with Crippen molar-refractivity contribution in [1.82, 2.24) is 5.32 Å². The molecule has 2 N–H and O–H groups in total. The molecular formula is C19H20ClNO4. The van der Waals surface area contributed by atoms with Gasteiger partial charge in [0.2, 0.25) is 0 Å². The van der Waals surface area contributed by atoms with Gasteiger partial charge >= 0.3 is 5.97 Å². The smallest absolute Gasteiger partial charge is 0.342 e. The van der Waals surface area contributed by atoms with Crippen LogP contribution in [0.15, 0.2) is 48.5 Å². The zero-order valence-electron chi connectivity index (χ0n) is 14.0. The van der Waals surface area contributed by atoms with Crippen LogP contribution >= 0.6 is 11.6 Å². The number of esters is 1. The molecule has 0 fully saturated rings. The molecule has 0 unspecified atom stereocenters. The molecule has 1 amide bonds. The largest absolute Gasteiger partial charge is 0.507 e. The summed E-state index contributed by atoms with van der Waals surface area (Å²) >= 11 is 5.80. The maximum absolute atomic E-state index is 12.1. The van der Waals surface area contributed by atoms with Gasteiger partial charge < -0.3 is 15.2 Å². The van der Waals surface area contributed by atoms with Crippen molar-refractivity contribution in [1.29, 1.82) is 0 Å². The average Bonchev–Trinajstić information content (AvgIpc) is 2.61. The van der Waals surface area contributed by atoms with Crippen LogP contribution in [0.1, 0.15) is 35.7 Å². The number of amides is 1. The lowest BCUT2D eigenvalue weighted by Gasteiger charge is -2.17. The topological polar surface area (TPSA) is 75.6 Å². The van der Waals surface area contributed by atoms with Crippen LogP contribution in [-0.2, 0) is 9.53 Å². The molecule has 0 aliphatic heterocycles. The Morgan fingerprint density at radius 2 is 1.84 bits per heavy atom. The number of carbonyl (C=O) groups is 2. The van der Waals surface area contributed by atoms with Crippen LogP contribution in [0, 0.1) is 0 Å². The average molecular weight is 362 g/mol. The summed E-state index contributed by atoms with van der Waals surface area (Å²) in [5.74, 6) is -1.33. The lowest BCUT2D eigenvalue weighted by atomic mass is 10.0. The summed E-state index contributed by atoms with van der Waals surface area (Å²) in [7, 11) is 0. The van der Waals surface area contributed by atoms with Gasteiger partial charge in [-0.2, -0.15) is 0 Å². The summed E-state index contributed by atoms with van der Waals surface area (Å²) in [5.41, 5.74) is 1.03. The number of benzene rings is 2. The van der Waals surface area contributed by atoms with Crippen LogP contribution in [0.2, 0.25) is 5.02 Å². The predicted octanol–water partition coefficient (Wildman–Crippen LogP) is 3.51. The van der Waals surface area contributed by atoms with Gasteiger partial charge in [-0.25, -0.2) is 4.79 Å². The highest BCUT2D eigenvalue weighted by molar-refractivity contribution is 6.31. The molecule has 2 atom stereocenters. The lowest BCUT2D eigenvalue weighted by Crippen LogP contribution is -2.37. The summed E-state index contributed by atoms with van der Waals surface area (Å²) < 4.78 is 5.10. The van der Waals surface area contributed by atoms with Crippen molar-refractivity contribution in [3.63, 3.8) is 0 Å². The minimum absolute atomic E-state index is 0.0789. The van der Waals surface area contributed by atoms with Gasteiger partial charge in [0.15, 0.2) is 6.10 Å². The fraction of sp³-hybridized carbons (Fsp3) is 0.263. The lowest BCUT2D eigenvalue weighted by molar-refractivity contribution is -0.129. The van der Waals surface area contributed by atoms with E-state index >= 15 is 0 Å². The van der Waals surface area contributed by atoms with Crippen molar-refractivity contribution in [2.75, 3.05) is 6.54 Å². The molecule has 5 nitrogen and oxygen atoms in total. The number of nitrogens with one attached hydrogen (secondary N) is 1. The minimum Gasteiger partial charge on any atom is -0.507 e. The molecule has 2 aromatic rings. The SMILES string of the molecule is C[C@H](OC(=O)c1cc(Cl)ccc1O)C(=O)NC[C@H](C)c1ccccc1. The molecule has 0 heterocycles. The fourth-order valence-corrected chi connectivity index (χ4v) is 2.42. The Morgan fingerprint density at radius 3 is 2.52 bits per heavy atom. The maximum atomic E-state index is 12.1. The second-order valence-corrected chi connectivity index (χ2v) is 6.20. The number of phenolic OH excluding ortho intramolecular Hbond substituents is 1. The number of halogens is 1. The number of hydrogen-bond donors (Lipinski definition) is 2. The first kappa shape index (κ1) is 18.8. The Bertz CT molecular complexity index is 748. The van der Waals surface area contributed by atoms with E-state index in [-0.39, 0.29) is 17.2 Å². The van der Waals surface area contributed by atoms with E-state index in [1.54, 1.807) is 0 Å². The number of phenols is 1. The van der Waals surface area contributed by atoms with Crippen molar-refractivity contribution < 1.29 is 19.4 Å².